The van der Waals surface area contributed by atoms with Crippen LogP contribution in [0.4, 0.5) is 0 Å². The molecule has 0 aliphatic carbocycles. The zero-order valence-electron chi connectivity index (χ0n) is 8.34. The van der Waals surface area contributed by atoms with Gasteiger partial charge in [-0.05, 0) is 32.5 Å². The molecule has 0 heterocycles. The molecule has 0 atom stereocenters. The van der Waals surface area contributed by atoms with Gasteiger partial charge in [-0.2, -0.15) is 0 Å². The Hall–Kier alpha value is -0.310. The third-order valence-corrected chi connectivity index (χ3v) is 2.14. The van der Waals surface area contributed by atoms with Gasteiger partial charge in [-0.1, -0.05) is 19.8 Å². The third-order valence-electron chi connectivity index (χ3n) is 1.91. The Morgan fingerprint density at radius 2 is 2.00 bits per heavy atom. The van der Waals surface area contributed by atoms with Crippen LogP contribution >= 0.6 is 12.2 Å². The molecule has 2 nitrogen and oxygen atoms in total. The Bertz CT molecular complexity index is 134. The molecule has 0 rings (SSSR count). The maximum Gasteiger partial charge on any atom is 0.166 e. The van der Waals surface area contributed by atoms with Crippen molar-refractivity contribution in [3.05, 3.63) is 0 Å². The lowest BCUT2D eigenvalue weighted by Gasteiger charge is -2.26. The van der Waals surface area contributed by atoms with Gasteiger partial charge >= 0.3 is 0 Å². The summed E-state index contributed by atoms with van der Waals surface area (Å²) in [7, 11) is 0. The number of rotatable bonds is 5. The van der Waals surface area contributed by atoms with E-state index in [9.17, 15) is 0 Å². The number of hydrogen-bond donors (Lipinski definition) is 1. The second-order valence-electron chi connectivity index (χ2n) is 3.33. The van der Waals surface area contributed by atoms with Crippen LogP contribution in [-0.2, 0) is 0 Å². The van der Waals surface area contributed by atoms with Crippen molar-refractivity contribution in [2.45, 2.75) is 46.1 Å². The molecule has 0 aromatic heterocycles. The molecule has 72 valence electrons. The summed E-state index contributed by atoms with van der Waals surface area (Å²) in [6, 6.07) is 0.430. The predicted molar refractivity (Wildman–Crippen MR) is 58.2 cm³/mol. The molecule has 0 saturated heterocycles. The van der Waals surface area contributed by atoms with E-state index in [1.54, 1.807) is 0 Å². The number of unbranched alkanes of at least 4 members (excludes halogenated alkanes) is 2. The molecule has 0 aliphatic heterocycles. The van der Waals surface area contributed by atoms with Gasteiger partial charge in [0.25, 0.3) is 0 Å². The van der Waals surface area contributed by atoms with Gasteiger partial charge in [-0.15, -0.1) is 0 Å². The average Bonchev–Trinajstić information content (AvgIpc) is 1.96. The molecule has 2 N–H and O–H groups in total. The quantitative estimate of drug-likeness (QED) is 0.529. The Morgan fingerprint density at radius 3 is 2.33 bits per heavy atom. The highest BCUT2D eigenvalue weighted by Gasteiger charge is 2.08. The van der Waals surface area contributed by atoms with Crippen molar-refractivity contribution in [3.63, 3.8) is 0 Å². The van der Waals surface area contributed by atoms with E-state index in [1.165, 1.54) is 19.3 Å². The van der Waals surface area contributed by atoms with E-state index in [-0.39, 0.29) is 0 Å². The summed E-state index contributed by atoms with van der Waals surface area (Å²) in [4.78, 5) is 2.07. The summed E-state index contributed by atoms with van der Waals surface area (Å²) >= 11 is 4.95. The lowest BCUT2D eigenvalue weighted by Crippen LogP contribution is -2.41. The van der Waals surface area contributed by atoms with Gasteiger partial charge in [0.2, 0.25) is 0 Å². The highest BCUT2D eigenvalue weighted by molar-refractivity contribution is 7.80. The number of thiocarbonyl (C=S) groups is 1. The number of hydrogen-bond acceptors (Lipinski definition) is 1. The highest BCUT2D eigenvalue weighted by Crippen LogP contribution is 2.02. The van der Waals surface area contributed by atoms with Gasteiger partial charge in [-0.3, -0.25) is 0 Å². The van der Waals surface area contributed by atoms with E-state index >= 15 is 0 Å². The second kappa shape index (κ2) is 6.23. The van der Waals surface area contributed by atoms with Crippen LogP contribution in [0.2, 0.25) is 0 Å². The Balaban J connectivity index is 3.72. The van der Waals surface area contributed by atoms with Crippen LogP contribution in [0.25, 0.3) is 0 Å². The summed E-state index contributed by atoms with van der Waals surface area (Å²) in [5.41, 5.74) is 5.58. The molecule has 0 radical (unpaired) electrons. The number of nitrogens with two attached hydrogens (primary N) is 1. The van der Waals surface area contributed by atoms with E-state index in [4.69, 9.17) is 18.0 Å². The fourth-order valence-corrected chi connectivity index (χ4v) is 1.46. The van der Waals surface area contributed by atoms with E-state index in [2.05, 4.69) is 25.7 Å². The monoisotopic (exact) mass is 188 g/mol. The zero-order chi connectivity index (χ0) is 9.56. The minimum Gasteiger partial charge on any atom is -0.376 e. The molecule has 0 fully saturated rings. The fraction of sp³-hybridized carbons (Fsp3) is 0.889. The fourth-order valence-electron chi connectivity index (χ4n) is 1.16. The zero-order valence-corrected chi connectivity index (χ0v) is 9.16. The van der Waals surface area contributed by atoms with Crippen LogP contribution in [0.15, 0.2) is 0 Å². The molecule has 0 bridgehead atoms. The highest BCUT2D eigenvalue weighted by atomic mass is 32.1. The van der Waals surface area contributed by atoms with Crippen LogP contribution in [0, 0.1) is 0 Å². The topological polar surface area (TPSA) is 29.3 Å². The summed E-state index contributed by atoms with van der Waals surface area (Å²) in [6.45, 7) is 7.43. The largest absolute Gasteiger partial charge is 0.376 e. The van der Waals surface area contributed by atoms with Crippen LogP contribution < -0.4 is 5.73 Å². The molecule has 12 heavy (non-hydrogen) atoms. The average molecular weight is 188 g/mol. The van der Waals surface area contributed by atoms with Crippen LogP contribution in [0.1, 0.15) is 40.0 Å². The first-order valence-corrected chi connectivity index (χ1v) is 5.06. The summed E-state index contributed by atoms with van der Waals surface area (Å²) in [6.07, 6.45) is 3.68. The van der Waals surface area contributed by atoms with Gasteiger partial charge in [0.1, 0.15) is 0 Å². The first-order valence-electron chi connectivity index (χ1n) is 4.65. The van der Waals surface area contributed by atoms with Crippen LogP contribution in [0.3, 0.4) is 0 Å². The van der Waals surface area contributed by atoms with E-state index in [1.807, 2.05) is 0 Å². The van der Waals surface area contributed by atoms with Crippen molar-refractivity contribution < 1.29 is 0 Å². The van der Waals surface area contributed by atoms with Gasteiger partial charge in [0, 0.05) is 12.6 Å². The van der Waals surface area contributed by atoms with Crippen molar-refractivity contribution in [3.8, 4) is 0 Å². The minimum atomic E-state index is 0.430. The molecular formula is C9H20N2S. The summed E-state index contributed by atoms with van der Waals surface area (Å²) in [5.74, 6) is 0. The van der Waals surface area contributed by atoms with Crippen molar-refractivity contribution in [1.82, 2.24) is 4.90 Å². The molecule has 0 aliphatic rings. The Labute approximate surface area is 81.1 Å². The van der Waals surface area contributed by atoms with Crippen molar-refractivity contribution >= 4 is 17.3 Å². The first kappa shape index (κ1) is 11.7. The molecule has 0 saturated carbocycles. The van der Waals surface area contributed by atoms with Crippen LogP contribution in [-0.4, -0.2) is 22.6 Å². The van der Waals surface area contributed by atoms with Crippen molar-refractivity contribution in [1.29, 1.82) is 0 Å². The summed E-state index contributed by atoms with van der Waals surface area (Å²) in [5, 5.41) is 0.529. The lowest BCUT2D eigenvalue weighted by atomic mass is 10.2. The molecule has 0 aromatic rings. The Morgan fingerprint density at radius 1 is 1.42 bits per heavy atom. The maximum absolute atomic E-state index is 5.58. The van der Waals surface area contributed by atoms with Crippen LogP contribution in [0.5, 0.6) is 0 Å². The summed E-state index contributed by atoms with van der Waals surface area (Å²) < 4.78 is 0. The van der Waals surface area contributed by atoms with Gasteiger partial charge in [-0.25, -0.2) is 0 Å². The van der Waals surface area contributed by atoms with Gasteiger partial charge in [0.15, 0.2) is 5.11 Å². The first-order chi connectivity index (χ1) is 5.59. The predicted octanol–water partition coefficient (Wildman–Crippen LogP) is 2.13. The molecule has 3 heteroatoms. The molecular weight excluding hydrogens is 168 g/mol. The minimum absolute atomic E-state index is 0.430. The van der Waals surface area contributed by atoms with E-state index < -0.39 is 0 Å². The van der Waals surface area contributed by atoms with E-state index in [0.717, 1.165) is 6.54 Å². The normalized spacial score (nSPS) is 10.3. The number of nitrogens with zero attached hydrogens (tertiary/aromatic N) is 1. The smallest absolute Gasteiger partial charge is 0.166 e. The van der Waals surface area contributed by atoms with Crippen molar-refractivity contribution in [2.75, 3.05) is 6.54 Å². The Kier molecular flexibility index (Phi) is 6.07. The maximum atomic E-state index is 5.58. The van der Waals surface area contributed by atoms with Gasteiger partial charge in [0.05, 0.1) is 0 Å². The van der Waals surface area contributed by atoms with Crippen molar-refractivity contribution in [2.24, 2.45) is 5.73 Å². The standard InChI is InChI=1S/C9H20N2S/c1-4-5-6-7-11(8(2)3)9(10)12/h8H,4-7H2,1-3H3,(H2,10,12). The van der Waals surface area contributed by atoms with E-state index in [0.29, 0.717) is 11.2 Å². The lowest BCUT2D eigenvalue weighted by molar-refractivity contribution is 0.343. The second-order valence-corrected chi connectivity index (χ2v) is 3.75. The molecule has 0 amide bonds. The molecule has 0 spiro atoms. The third kappa shape index (κ3) is 4.54. The van der Waals surface area contributed by atoms with Gasteiger partial charge < -0.3 is 10.6 Å². The SMILES string of the molecule is CCCCCN(C(N)=S)C(C)C. The molecule has 0 unspecified atom stereocenters. The molecule has 0 aromatic carbocycles.